The van der Waals surface area contributed by atoms with Crippen LogP contribution in [0.3, 0.4) is 0 Å². The Morgan fingerprint density at radius 1 is 1.12 bits per heavy atom. The molecule has 4 rings (SSSR count). The average Bonchev–Trinajstić information content (AvgIpc) is 2.72. The van der Waals surface area contributed by atoms with E-state index in [1.54, 1.807) is 0 Å². The average molecular weight is 473 g/mol. The Kier molecular flexibility index (Phi) is 6.69. The molecule has 1 aliphatic heterocycles. The van der Waals surface area contributed by atoms with Crippen LogP contribution in [0, 0.1) is 18.3 Å². The van der Waals surface area contributed by atoms with Crippen LogP contribution in [0.4, 0.5) is 5.82 Å². The predicted octanol–water partition coefficient (Wildman–Crippen LogP) is 3.37. The fourth-order valence-electron chi connectivity index (χ4n) is 5.53. The summed E-state index contributed by atoms with van der Waals surface area (Å²) in [5.41, 5.74) is 1.99. The summed E-state index contributed by atoms with van der Waals surface area (Å²) in [6, 6.07) is 10.3. The van der Waals surface area contributed by atoms with Crippen molar-refractivity contribution in [2.24, 2.45) is 11.3 Å². The molecule has 8 heteroatoms. The minimum atomic E-state index is -3.24. The zero-order valence-corrected chi connectivity index (χ0v) is 20.9. The second kappa shape index (κ2) is 9.22. The van der Waals surface area contributed by atoms with E-state index in [1.165, 1.54) is 11.8 Å². The molecule has 180 valence electrons. The number of anilines is 1. The first-order valence-corrected chi connectivity index (χ1v) is 13.8. The maximum atomic E-state index is 13.3. The number of hydrogen-bond donors (Lipinski definition) is 2. The van der Waals surface area contributed by atoms with Crippen molar-refractivity contribution in [3.63, 3.8) is 0 Å². The molecular formula is C25H36N4O3S. The van der Waals surface area contributed by atoms with Crippen LogP contribution in [-0.4, -0.2) is 50.7 Å². The highest BCUT2D eigenvalue weighted by atomic mass is 32.2. The van der Waals surface area contributed by atoms with Crippen molar-refractivity contribution in [3.8, 4) is 0 Å². The lowest BCUT2D eigenvalue weighted by molar-refractivity contribution is -0.130. The lowest BCUT2D eigenvalue weighted by Gasteiger charge is -2.44. The number of aryl methyl sites for hydroxylation is 1. The van der Waals surface area contributed by atoms with E-state index < -0.39 is 10.0 Å². The van der Waals surface area contributed by atoms with Gasteiger partial charge in [-0.1, -0.05) is 32.0 Å². The van der Waals surface area contributed by atoms with Crippen LogP contribution in [0.25, 0.3) is 10.9 Å². The molecule has 2 heterocycles. The first-order valence-electron chi connectivity index (χ1n) is 11.9. The molecule has 0 bridgehead atoms. The minimum Gasteiger partial charge on any atom is -0.356 e. The van der Waals surface area contributed by atoms with Crippen LogP contribution in [0.15, 0.2) is 30.3 Å². The molecule has 2 N–H and O–H groups in total. The minimum absolute atomic E-state index is 0.0180. The van der Waals surface area contributed by atoms with Gasteiger partial charge in [-0.25, -0.2) is 18.1 Å². The van der Waals surface area contributed by atoms with E-state index in [9.17, 15) is 13.2 Å². The molecule has 7 nitrogen and oxygen atoms in total. The van der Waals surface area contributed by atoms with Crippen molar-refractivity contribution in [1.29, 1.82) is 0 Å². The lowest BCUT2D eigenvalue weighted by Crippen LogP contribution is -2.54. The van der Waals surface area contributed by atoms with Crippen molar-refractivity contribution in [2.45, 2.75) is 65.0 Å². The first kappa shape index (κ1) is 24.0. The third-order valence-corrected chi connectivity index (χ3v) is 7.94. The Labute approximate surface area is 197 Å². The molecule has 33 heavy (non-hydrogen) atoms. The molecule has 0 unspecified atom stereocenters. The topological polar surface area (TPSA) is 91.4 Å². The molecule has 1 aromatic heterocycles. The van der Waals surface area contributed by atoms with Crippen LogP contribution < -0.4 is 14.9 Å². The second-order valence-electron chi connectivity index (χ2n) is 10.5. The van der Waals surface area contributed by atoms with E-state index in [0.717, 1.165) is 55.5 Å². The van der Waals surface area contributed by atoms with Crippen LogP contribution in [0.5, 0.6) is 0 Å². The number of benzene rings is 1. The summed E-state index contributed by atoms with van der Waals surface area (Å²) >= 11 is 0. The van der Waals surface area contributed by atoms with Crippen LogP contribution >= 0.6 is 0 Å². The number of carbonyl (C=O) groups is 1. The third-order valence-electron chi connectivity index (χ3n) is 7.18. The summed E-state index contributed by atoms with van der Waals surface area (Å²) in [7, 11) is -3.24. The second-order valence-corrected chi connectivity index (χ2v) is 12.3. The van der Waals surface area contributed by atoms with Crippen molar-refractivity contribution in [3.05, 3.63) is 35.9 Å². The van der Waals surface area contributed by atoms with E-state index >= 15 is 0 Å². The molecule has 3 atom stereocenters. The van der Waals surface area contributed by atoms with E-state index in [1.807, 2.05) is 0 Å². The summed E-state index contributed by atoms with van der Waals surface area (Å²) in [6.07, 6.45) is 5.24. The van der Waals surface area contributed by atoms with Gasteiger partial charge in [-0.2, -0.15) is 0 Å². The lowest BCUT2D eigenvalue weighted by atomic mass is 9.73. The number of rotatable bonds is 5. The number of hydrogen-bond acceptors (Lipinski definition) is 5. The van der Waals surface area contributed by atoms with Gasteiger partial charge in [0.15, 0.2) is 0 Å². The van der Waals surface area contributed by atoms with Gasteiger partial charge >= 0.3 is 0 Å². The number of pyridine rings is 1. The molecule has 1 aliphatic carbocycles. The van der Waals surface area contributed by atoms with Gasteiger partial charge in [-0.15, -0.1) is 0 Å². The van der Waals surface area contributed by atoms with Crippen molar-refractivity contribution < 1.29 is 13.2 Å². The number of amides is 1. The Hall–Kier alpha value is -2.19. The molecule has 2 aliphatic rings. The van der Waals surface area contributed by atoms with E-state index in [4.69, 9.17) is 4.98 Å². The van der Waals surface area contributed by atoms with E-state index in [2.05, 4.69) is 66.0 Å². The highest BCUT2D eigenvalue weighted by molar-refractivity contribution is 7.88. The molecule has 1 amide bonds. The van der Waals surface area contributed by atoms with Gasteiger partial charge in [0, 0.05) is 36.5 Å². The van der Waals surface area contributed by atoms with Gasteiger partial charge in [0.05, 0.1) is 11.8 Å². The Morgan fingerprint density at radius 2 is 1.88 bits per heavy atom. The van der Waals surface area contributed by atoms with Gasteiger partial charge in [0.1, 0.15) is 5.82 Å². The van der Waals surface area contributed by atoms with Crippen LogP contribution in [0.1, 0.15) is 51.5 Å². The van der Waals surface area contributed by atoms with Crippen molar-refractivity contribution in [2.75, 3.05) is 24.2 Å². The number of sulfonamides is 1. The zero-order valence-electron chi connectivity index (χ0n) is 20.1. The number of piperidine rings is 1. The SMILES string of the molecule is Cc1cccc2ccc(N3CC[C@H](C(=O)N[C@H]4CCC[C@H](NS(C)(=O)=O)C4)C(C)(C)C3)nc12. The van der Waals surface area contributed by atoms with Crippen LogP contribution in [0.2, 0.25) is 0 Å². The molecule has 1 aromatic carbocycles. The monoisotopic (exact) mass is 472 g/mol. The predicted molar refractivity (Wildman–Crippen MR) is 133 cm³/mol. The van der Waals surface area contributed by atoms with Crippen molar-refractivity contribution >= 4 is 32.7 Å². The fraction of sp³-hybridized carbons (Fsp3) is 0.600. The smallest absolute Gasteiger partial charge is 0.224 e. The summed E-state index contributed by atoms with van der Waals surface area (Å²) in [4.78, 5) is 20.5. The van der Waals surface area contributed by atoms with Crippen molar-refractivity contribution in [1.82, 2.24) is 15.0 Å². The Morgan fingerprint density at radius 3 is 2.61 bits per heavy atom. The number of nitrogens with one attached hydrogen (secondary N) is 2. The number of para-hydroxylation sites is 1. The molecular weight excluding hydrogens is 436 g/mol. The summed E-state index contributed by atoms with van der Waals surface area (Å²) in [6.45, 7) is 7.95. The maximum absolute atomic E-state index is 13.3. The maximum Gasteiger partial charge on any atom is 0.224 e. The molecule has 1 saturated carbocycles. The standard InChI is InChI=1S/C25H36N4O3S/c1-17-7-5-8-18-11-12-22(27-23(17)18)29-14-13-21(25(2,3)16-29)24(30)26-19-9-6-10-20(15-19)28-33(4,31)32/h5,7-8,11-12,19-21,28H,6,9-10,13-16H2,1-4H3,(H,26,30)/t19-,20-,21+/m0/s1. The van der Waals surface area contributed by atoms with Gasteiger partial charge in [0.2, 0.25) is 15.9 Å². The normalized spacial score (nSPS) is 25.7. The molecule has 2 fully saturated rings. The molecule has 1 saturated heterocycles. The number of fused-ring (bicyclic) bond motifs is 1. The van der Waals surface area contributed by atoms with Crippen LogP contribution in [-0.2, 0) is 14.8 Å². The highest BCUT2D eigenvalue weighted by Gasteiger charge is 2.41. The fourth-order valence-corrected chi connectivity index (χ4v) is 6.35. The highest BCUT2D eigenvalue weighted by Crippen LogP contribution is 2.37. The number of aromatic nitrogens is 1. The molecule has 0 radical (unpaired) electrons. The van der Waals surface area contributed by atoms with E-state index in [-0.39, 0.29) is 29.3 Å². The number of nitrogens with zero attached hydrogens (tertiary/aromatic N) is 2. The third kappa shape index (κ3) is 5.66. The van der Waals surface area contributed by atoms with Gasteiger partial charge in [-0.05, 0) is 62.1 Å². The van der Waals surface area contributed by atoms with Gasteiger partial charge in [-0.3, -0.25) is 4.79 Å². The van der Waals surface area contributed by atoms with E-state index in [0.29, 0.717) is 6.42 Å². The molecule has 2 aromatic rings. The van der Waals surface area contributed by atoms with Gasteiger partial charge < -0.3 is 10.2 Å². The Balaban J connectivity index is 1.41. The quantitative estimate of drug-likeness (QED) is 0.696. The van der Waals surface area contributed by atoms with Gasteiger partial charge in [0.25, 0.3) is 0 Å². The Bertz CT molecular complexity index is 1130. The summed E-state index contributed by atoms with van der Waals surface area (Å²) in [5.74, 6) is 0.969. The first-order chi connectivity index (χ1) is 15.5. The number of carbonyl (C=O) groups excluding carboxylic acids is 1. The zero-order chi connectivity index (χ0) is 23.8. The summed E-state index contributed by atoms with van der Waals surface area (Å²) < 4.78 is 25.9. The molecule has 0 spiro atoms. The largest absolute Gasteiger partial charge is 0.356 e. The summed E-state index contributed by atoms with van der Waals surface area (Å²) in [5, 5.41) is 4.38.